The quantitative estimate of drug-likeness (QED) is 0.824. The Morgan fingerprint density at radius 2 is 2.05 bits per heavy atom. The zero-order chi connectivity index (χ0) is 13.9. The van der Waals surface area contributed by atoms with Crippen molar-refractivity contribution >= 4 is 37.5 Å². The monoisotopic (exact) mass is 363 g/mol. The third kappa shape index (κ3) is 3.97. The molecule has 6 heteroatoms. The van der Waals surface area contributed by atoms with Gasteiger partial charge in [0, 0.05) is 34.8 Å². The summed E-state index contributed by atoms with van der Waals surface area (Å²) in [7, 11) is -3.00. The predicted molar refractivity (Wildman–Crippen MR) is 85.1 cm³/mol. The molecule has 1 aliphatic rings. The predicted octanol–water partition coefficient (Wildman–Crippen LogP) is 2.76. The number of hydrogen-bond donors (Lipinski definition) is 0. The van der Waals surface area contributed by atoms with Crippen molar-refractivity contribution in [2.24, 2.45) is 0 Å². The molecule has 3 nitrogen and oxygen atoms in total. The molecule has 2 rings (SSSR count). The number of halogens is 1. The van der Waals surface area contributed by atoms with Crippen molar-refractivity contribution in [3.05, 3.63) is 34.3 Å². The summed E-state index contributed by atoms with van der Waals surface area (Å²) in [6, 6.07) is 8.08. The van der Waals surface area contributed by atoms with E-state index in [1.54, 1.807) is 18.7 Å². The molecule has 1 aliphatic heterocycles. The van der Waals surface area contributed by atoms with Crippen LogP contribution in [0.5, 0.6) is 0 Å². The van der Waals surface area contributed by atoms with Crippen molar-refractivity contribution in [2.45, 2.75) is 18.8 Å². The second-order valence-corrected chi connectivity index (χ2v) is 9.09. The maximum Gasteiger partial charge on any atom is 0.166 e. The van der Waals surface area contributed by atoms with Crippen molar-refractivity contribution < 1.29 is 8.42 Å². The van der Waals surface area contributed by atoms with Gasteiger partial charge in [0.1, 0.15) is 5.37 Å². The van der Waals surface area contributed by atoms with Crippen LogP contribution in [-0.2, 0) is 16.4 Å². The smallest absolute Gasteiger partial charge is 0.166 e. The van der Waals surface area contributed by atoms with Gasteiger partial charge in [0.15, 0.2) is 9.84 Å². The number of thioether (sulfide) groups is 1. The summed E-state index contributed by atoms with van der Waals surface area (Å²) >= 11 is 5.15. The molecule has 0 radical (unpaired) electrons. The summed E-state index contributed by atoms with van der Waals surface area (Å²) in [5, 5.41) is -0.333. The van der Waals surface area contributed by atoms with Crippen LogP contribution in [0.15, 0.2) is 28.7 Å². The van der Waals surface area contributed by atoms with E-state index in [0.29, 0.717) is 12.3 Å². The Morgan fingerprint density at radius 3 is 2.68 bits per heavy atom. The van der Waals surface area contributed by atoms with Crippen LogP contribution >= 0.6 is 27.7 Å². The maximum absolute atomic E-state index is 12.1. The van der Waals surface area contributed by atoms with Gasteiger partial charge >= 0.3 is 0 Å². The summed E-state index contributed by atoms with van der Waals surface area (Å²) in [6.07, 6.45) is 0. The zero-order valence-electron chi connectivity index (χ0n) is 10.9. The molecule has 1 aromatic rings. The molecule has 1 saturated heterocycles. The van der Waals surface area contributed by atoms with E-state index in [-0.39, 0.29) is 11.1 Å². The highest BCUT2D eigenvalue weighted by molar-refractivity contribution is 9.10. The fraction of sp³-hybridized carbons (Fsp3) is 0.538. The molecule has 106 valence electrons. The standard InChI is InChI=1S/C13H18BrNO2S2/c1-2-19(16,17)13-10-18-8-7-15(13)9-11-3-5-12(14)6-4-11/h3-6,13H,2,7-10H2,1H3. The number of nitrogens with zero attached hydrogens (tertiary/aromatic N) is 1. The first-order valence-electron chi connectivity index (χ1n) is 6.30. The Labute approximate surface area is 127 Å². The molecular formula is C13H18BrNO2S2. The molecule has 0 aliphatic carbocycles. The Morgan fingerprint density at radius 1 is 1.37 bits per heavy atom. The molecule has 0 saturated carbocycles. The van der Waals surface area contributed by atoms with Gasteiger partial charge in [-0.1, -0.05) is 35.0 Å². The second-order valence-electron chi connectivity index (χ2n) is 4.58. The lowest BCUT2D eigenvalue weighted by molar-refractivity contribution is 0.261. The summed E-state index contributed by atoms with van der Waals surface area (Å²) < 4.78 is 25.3. The molecule has 0 amide bonds. The third-order valence-electron chi connectivity index (χ3n) is 3.31. The van der Waals surface area contributed by atoms with Crippen LogP contribution < -0.4 is 0 Å². The van der Waals surface area contributed by atoms with Crippen LogP contribution in [0.1, 0.15) is 12.5 Å². The minimum atomic E-state index is -3.00. The van der Waals surface area contributed by atoms with E-state index in [9.17, 15) is 8.42 Å². The lowest BCUT2D eigenvalue weighted by atomic mass is 10.2. The average molecular weight is 364 g/mol. The molecule has 0 spiro atoms. The molecule has 1 unspecified atom stereocenters. The highest BCUT2D eigenvalue weighted by Crippen LogP contribution is 2.23. The molecule has 1 heterocycles. The first-order valence-corrected chi connectivity index (χ1v) is 9.97. The average Bonchev–Trinajstić information content (AvgIpc) is 2.42. The van der Waals surface area contributed by atoms with Crippen molar-refractivity contribution in [3.63, 3.8) is 0 Å². The van der Waals surface area contributed by atoms with E-state index < -0.39 is 9.84 Å². The number of hydrogen-bond acceptors (Lipinski definition) is 4. The minimum absolute atomic E-state index is 0.217. The molecule has 1 fully saturated rings. The van der Waals surface area contributed by atoms with Crippen LogP contribution in [0.4, 0.5) is 0 Å². The van der Waals surface area contributed by atoms with E-state index in [0.717, 1.165) is 22.3 Å². The van der Waals surface area contributed by atoms with E-state index >= 15 is 0 Å². The van der Waals surface area contributed by atoms with Gasteiger partial charge in [-0.05, 0) is 17.7 Å². The van der Waals surface area contributed by atoms with Crippen LogP contribution in [0.2, 0.25) is 0 Å². The molecule has 19 heavy (non-hydrogen) atoms. The Bertz CT molecular complexity index is 516. The highest BCUT2D eigenvalue weighted by atomic mass is 79.9. The van der Waals surface area contributed by atoms with Gasteiger partial charge < -0.3 is 0 Å². The first kappa shape index (κ1) is 15.4. The molecule has 0 N–H and O–H groups in total. The van der Waals surface area contributed by atoms with Gasteiger partial charge in [-0.2, -0.15) is 11.8 Å². The topological polar surface area (TPSA) is 37.4 Å². The van der Waals surface area contributed by atoms with Crippen LogP contribution in [0, 0.1) is 0 Å². The SMILES string of the molecule is CCS(=O)(=O)C1CSCCN1Cc1ccc(Br)cc1. The Balaban J connectivity index is 2.14. The van der Waals surface area contributed by atoms with Gasteiger partial charge in [0.25, 0.3) is 0 Å². The molecular weight excluding hydrogens is 346 g/mol. The van der Waals surface area contributed by atoms with Gasteiger partial charge in [-0.15, -0.1) is 0 Å². The third-order valence-corrected chi connectivity index (χ3v) is 7.17. The summed E-state index contributed by atoms with van der Waals surface area (Å²) in [5.74, 6) is 1.91. The largest absolute Gasteiger partial charge is 0.281 e. The Kier molecular flexibility index (Phi) is 5.34. The van der Waals surface area contributed by atoms with Crippen LogP contribution in [0.25, 0.3) is 0 Å². The number of sulfone groups is 1. The molecule has 1 aromatic carbocycles. The van der Waals surface area contributed by atoms with Crippen molar-refractivity contribution in [1.82, 2.24) is 4.90 Å². The lowest BCUT2D eigenvalue weighted by Gasteiger charge is -2.34. The first-order chi connectivity index (χ1) is 9.03. The van der Waals surface area contributed by atoms with Gasteiger partial charge in [-0.3, -0.25) is 4.90 Å². The number of benzene rings is 1. The van der Waals surface area contributed by atoms with Crippen LogP contribution in [-0.4, -0.2) is 42.5 Å². The van der Waals surface area contributed by atoms with E-state index in [4.69, 9.17) is 0 Å². The zero-order valence-corrected chi connectivity index (χ0v) is 14.1. The van der Waals surface area contributed by atoms with E-state index in [1.807, 2.05) is 24.3 Å². The van der Waals surface area contributed by atoms with Gasteiger partial charge in [-0.25, -0.2) is 8.42 Å². The molecule has 0 aromatic heterocycles. The molecule has 1 atom stereocenters. The van der Waals surface area contributed by atoms with Crippen molar-refractivity contribution in [3.8, 4) is 0 Å². The second kappa shape index (κ2) is 6.61. The van der Waals surface area contributed by atoms with E-state index in [2.05, 4.69) is 20.8 Å². The van der Waals surface area contributed by atoms with Gasteiger partial charge in [0.05, 0.1) is 0 Å². The Hall–Kier alpha value is -0.0400. The van der Waals surface area contributed by atoms with Crippen molar-refractivity contribution in [2.75, 3.05) is 23.8 Å². The lowest BCUT2D eigenvalue weighted by Crippen LogP contribution is -2.47. The van der Waals surface area contributed by atoms with Crippen LogP contribution in [0.3, 0.4) is 0 Å². The summed E-state index contributed by atoms with van der Waals surface area (Å²) in [5.41, 5.74) is 1.16. The normalized spacial score (nSPS) is 21.5. The fourth-order valence-electron chi connectivity index (χ4n) is 2.14. The van der Waals surface area contributed by atoms with Gasteiger partial charge in [0.2, 0.25) is 0 Å². The maximum atomic E-state index is 12.1. The summed E-state index contributed by atoms with van der Waals surface area (Å²) in [6.45, 7) is 3.27. The summed E-state index contributed by atoms with van der Waals surface area (Å²) in [4.78, 5) is 2.10. The van der Waals surface area contributed by atoms with Crippen molar-refractivity contribution in [1.29, 1.82) is 0 Å². The fourth-order valence-corrected chi connectivity index (χ4v) is 5.49. The number of rotatable bonds is 4. The highest BCUT2D eigenvalue weighted by Gasteiger charge is 2.32. The minimum Gasteiger partial charge on any atom is -0.281 e. The van der Waals surface area contributed by atoms with E-state index in [1.165, 1.54) is 0 Å². The molecule has 0 bridgehead atoms.